The van der Waals surface area contributed by atoms with Crippen LogP contribution in [0.1, 0.15) is 6.92 Å². The second-order valence-electron chi connectivity index (χ2n) is 2.10. The maximum atomic E-state index is 8.89. The molecule has 0 aliphatic carbocycles. The Hall–Kier alpha value is -0.120. The standard InChI is InChI=1S/C5H10O3/c1-3-5(7)4(6)2-8-3/h3-7H,2H2,1H3/t3-,4-,5+/m0/s1. The van der Waals surface area contributed by atoms with Crippen molar-refractivity contribution >= 4 is 0 Å². The van der Waals surface area contributed by atoms with Crippen molar-refractivity contribution in [3.05, 3.63) is 0 Å². The number of hydrogen-bond donors (Lipinski definition) is 2. The second kappa shape index (κ2) is 2.01. The quantitative estimate of drug-likeness (QED) is 0.434. The number of rotatable bonds is 0. The lowest BCUT2D eigenvalue weighted by Gasteiger charge is -2.07. The largest absolute Gasteiger partial charge is 0.388 e. The van der Waals surface area contributed by atoms with Crippen LogP contribution in [0.2, 0.25) is 0 Å². The predicted molar refractivity (Wildman–Crippen MR) is 27.4 cm³/mol. The van der Waals surface area contributed by atoms with E-state index in [0.717, 1.165) is 0 Å². The van der Waals surface area contributed by atoms with Crippen LogP contribution in [0.3, 0.4) is 0 Å². The second-order valence-corrected chi connectivity index (χ2v) is 2.10. The molecule has 1 rings (SSSR count). The van der Waals surface area contributed by atoms with Gasteiger partial charge in [0.1, 0.15) is 12.2 Å². The van der Waals surface area contributed by atoms with Crippen LogP contribution in [0.5, 0.6) is 0 Å². The molecule has 3 heteroatoms. The maximum absolute atomic E-state index is 8.89. The Kier molecular flexibility index (Phi) is 1.51. The topological polar surface area (TPSA) is 49.7 Å². The Morgan fingerprint density at radius 3 is 2.25 bits per heavy atom. The zero-order valence-electron chi connectivity index (χ0n) is 4.74. The molecule has 48 valence electrons. The third-order valence-corrected chi connectivity index (χ3v) is 1.41. The first kappa shape index (κ1) is 6.01. The van der Waals surface area contributed by atoms with Gasteiger partial charge in [0.25, 0.3) is 0 Å². The van der Waals surface area contributed by atoms with Crippen molar-refractivity contribution in [2.45, 2.75) is 25.2 Å². The summed E-state index contributed by atoms with van der Waals surface area (Å²) in [5.74, 6) is 0. The fourth-order valence-electron chi connectivity index (χ4n) is 0.760. The molecule has 8 heavy (non-hydrogen) atoms. The molecule has 0 bridgehead atoms. The van der Waals surface area contributed by atoms with Crippen LogP contribution in [0.25, 0.3) is 0 Å². The van der Waals surface area contributed by atoms with E-state index in [9.17, 15) is 0 Å². The van der Waals surface area contributed by atoms with Gasteiger partial charge >= 0.3 is 0 Å². The van der Waals surface area contributed by atoms with E-state index in [2.05, 4.69) is 0 Å². The minimum absolute atomic E-state index is 0.204. The highest BCUT2D eigenvalue weighted by molar-refractivity contribution is 4.79. The summed E-state index contributed by atoms with van der Waals surface area (Å²) < 4.78 is 4.88. The number of hydrogen-bond acceptors (Lipinski definition) is 3. The molecule has 3 atom stereocenters. The first-order valence-corrected chi connectivity index (χ1v) is 2.69. The van der Waals surface area contributed by atoms with Crippen LogP contribution in [0.15, 0.2) is 0 Å². The molecule has 0 aromatic rings. The summed E-state index contributed by atoms with van der Waals surface area (Å²) in [6.07, 6.45) is -1.56. The smallest absolute Gasteiger partial charge is 0.108 e. The molecule has 1 saturated heterocycles. The summed E-state index contributed by atoms with van der Waals surface area (Å²) in [7, 11) is 0. The molecule has 0 aromatic carbocycles. The van der Waals surface area contributed by atoms with Gasteiger partial charge in [-0.3, -0.25) is 0 Å². The van der Waals surface area contributed by atoms with Crippen molar-refractivity contribution in [3.8, 4) is 0 Å². The summed E-state index contributed by atoms with van der Waals surface area (Å²) >= 11 is 0. The number of ether oxygens (including phenoxy) is 1. The van der Waals surface area contributed by atoms with Crippen LogP contribution in [-0.4, -0.2) is 35.1 Å². The molecule has 0 aromatic heterocycles. The normalized spacial score (nSPS) is 47.6. The fraction of sp³-hybridized carbons (Fsp3) is 1.00. The van der Waals surface area contributed by atoms with E-state index in [-0.39, 0.29) is 12.7 Å². The first-order valence-electron chi connectivity index (χ1n) is 2.69. The zero-order valence-corrected chi connectivity index (χ0v) is 4.74. The van der Waals surface area contributed by atoms with Gasteiger partial charge in [0, 0.05) is 0 Å². The van der Waals surface area contributed by atoms with E-state index < -0.39 is 12.2 Å². The summed E-state index contributed by atoms with van der Waals surface area (Å²) in [4.78, 5) is 0. The summed E-state index contributed by atoms with van der Waals surface area (Å²) in [5.41, 5.74) is 0. The Morgan fingerprint density at radius 1 is 1.50 bits per heavy atom. The molecule has 1 heterocycles. The van der Waals surface area contributed by atoms with Crippen LogP contribution in [0, 0.1) is 0 Å². The molecule has 1 aliphatic rings. The Morgan fingerprint density at radius 2 is 2.12 bits per heavy atom. The van der Waals surface area contributed by atoms with Gasteiger partial charge in [-0.25, -0.2) is 0 Å². The van der Waals surface area contributed by atoms with Crippen LogP contribution in [0.4, 0.5) is 0 Å². The van der Waals surface area contributed by atoms with E-state index in [4.69, 9.17) is 14.9 Å². The lowest BCUT2D eigenvalue weighted by Crippen LogP contribution is -2.27. The summed E-state index contributed by atoms with van der Waals surface area (Å²) in [6, 6.07) is 0. The van der Waals surface area contributed by atoms with Gasteiger partial charge in [-0.15, -0.1) is 0 Å². The van der Waals surface area contributed by atoms with Gasteiger partial charge in [-0.05, 0) is 6.92 Å². The Labute approximate surface area is 47.9 Å². The first-order chi connectivity index (χ1) is 3.72. The lowest BCUT2D eigenvalue weighted by atomic mass is 10.2. The highest BCUT2D eigenvalue weighted by Crippen LogP contribution is 2.12. The molecule has 0 unspecified atom stereocenters. The monoisotopic (exact) mass is 118 g/mol. The molecule has 3 nitrogen and oxygen atoms in total. The Balaban J connectivity index is 2.44. The van der Waals surface area contributed by atoms with Crippen LogP contribution < -0.4 is 0 Å². The highest BCUT2D eigenvalue weighted by atomic mass is 16.5. The van der Waals surface area contributed by atoms with Gasteiger partial charge in [0.2, 0.25) is 0 Å². The van der Waals surface area contributed by atoms with Gasteiger partial charge in [-0.2, -0.15) is 0 Å². The van der Waals surface area contributed by atoms with Crippen LogP contribution in [-0.2, 0) is 4.74 Å². The lowest BCUT2D eigenvalue weighted by molar-refractivity contribution is 0.0318. The molecular weight excluding hydrogens is 108 g/mol. The SMILES string of the molecule is C[C@@H]1OC[C@H](O)[C@@H]1O. The summed E-state index contributed by atoms with van der Waals surface area (Å²) in [6.45, 7) is 2.00. The van der Waals surface area contributed by atoms with Gasteiger partial charge in [-0.1, -0.05) is 0 Å². The molecule has 2 N–H and O–H groups in total. The molecule has 0 saturated carbocycles. The van der Waals surface area contributed by atoms with Gasteiger partial charge in [0.15, 0.2) is 0 Å². The van der Waals surface area contributed by atoms with Gasteiger partial charge < -0.3 is 14.9 Å². The minimum Gasteiger partial charge on any atom is -0.388 e. The maximum Gasteiger partial charge on any atom is 0.108 e. The number of aliphatic hydroxyl groups is 2. The third kappa shape index (κ3) is 0.844. The molecule has 0 radical (unpaired) electrons. The van der Waals surface area contributed by atoms with Gasteiger partial charge in [0.05, 0.1) is 12.7 Å². The summed E-state index contributed by atoms with van der Waals surface area (Å²) in [5, 5.41) is 17.7. The third-order valence-electron chi connectivity index (χ3n) is 1.41. The Bertz CT molecular complexity index is 73.7. The predicted octanol–water partition coefficient (Wildman–Crippen LogP) is -0.873. The average Bonchev–Trinajstić information content (AvgIpc) is 1.98. The van der Waals surface area contributed by atoms with E-state index in [1.807, 2.05) is 0 Å². The van der Waals surface area contributed by atoms with E-state index in [1.54, 1.807) is 6.92 Å². The van der Waals surface area contributed by atoms with Crippen molar-refractivity contribution in [2.75, 3.05) is 6.61 Å². The molecule has 1 fully saturated rings. The van der Waals surface area contributed by atoms with Crippen molar-refractivity contribution in [3.63, 3.8) is 0 Å². The fourth-order valence-corrected chi connectivity index (χ4v) is 0.760. The van der Waals surface area contributed by atoms with Crippen molar-refractivity contribution in [1.82, 2.24) is 0 Å². The van der Waals surface area contributed by atoms with Crippen molar-refractivity contribution < 1.29 is 14.9 Å². The average molecular weight is 118 g/mol. The molecule has 0 amide bonds. The molecule has 0 spiro atoms. The minimum atomic E-state index is -0.685. The molecule has 1 aliphatic heterocycles. The van der Waals surface area contributed by atoms with Crippen molar-refractivity contribution in [2.24, 2.45) is 0 Å². The van der Waals surface area contributed by atoms with Crippen LogP contribution >= 0.6 is 0 Å². The van der Waals surface area contributed by atoms with E-state index in [1.165, 1.54) is 0 Å². The molecular formula is C5H10O3. The highest BCUT2D eigenvalue weighted by Gasteiger charge is 2.30. The van der Waals surface area contributed by atoms with E-state index in [0.29, 0.717) is 0 Å². The zero-order chi connectivity index (χ0) is 6.15. The van der Waals surface area contributed by atoms with Crippen molar-refractivity contribution in [1.29, 1.82) is 0 Å². The van der Waals surface area contributed by atoms with E-state index >= 15 is 0 Å². The number of aliphatic hydroxyl groups excluding tert-OH is 2.